The van der Waals surface area contributed by atoms with E-state index >= 15 is 0 Å². The van der Waals surface area contributed by atoms with E-state index in [1.165, 1.54) is 6.92 Å². The summed E-state index contributed by atoms with van der Waals surface area (Å²) in [6, 6.07) is 0. The Bertz CT molecular complexity index is 186. The maximum absolute atomic E-state index is 11.0. The first-order chi connectivity index (χ1) is 5.11. The zero-order valence-corrected chi connectivity index (χ0v) is 6.79. The molecule has 0 saturated carbocycles. The summed E-state index contributed by atoms with van der Waals surface area (Å²) in [5, 5.41) is 0. The molecule has 1 saturated heterocycles. The van der Waals surface area contributed by atoms with Crippen LogP contribution in [0.2, 0.25) is 0 Å². The van der Waals surface area contributed by atoms with Crippen molar-refractivity contribution in [2.24, 2.45) is 5.92 Å². The van der Waals surface area contributed by atoms with E-state index < -0.39 is 5.92 Å². The zero-order chi connectivity index (χ0) is 8.43. The Kier molecular flexibility index (Phi) is 2.27. The molecule has 0 aromatic heterocycles. The van der Waals surface area contributed by atoms with Crippen LogP contribution in [0.15, 0.2) is 0 Å². The average molecular weight is 156 g/mol. The van der Waals surface area contributed by atoms with Crippen LogP contribution < -0.4 is 0 Å². The van der Waals surface area contributed by atoms with Crippen LogP contribution in [-0.2, 0) is 14.3 Å². The van der Waals surface area contributed by atoms with Crippen molar-refractivity contribution in [1.29, 1.82) is 0 Å². The molecular weight excluding hydrogens is 144 g/mol. The molecule has 1 rings (SSSR count). The summed E-state index contributed by atoms with van der Waals surface area (Å²) in [5.74, 6) is -0.927. The summed E-state index contributed by atoms with van der Waals surface area (Å²) < 4.78 is 4.90. The van der Waals surface area contributed by atoms with Gasteiger partial charge in [-0.15, -0.1) is 0 Å². The molecule has 0 spiro atoms. The van der Waals surface area contributed by atoms with Crippen molar-refractivity contribution in [3.8, 4) is 0 Å². The molecule has 0 amide bonds. The molecule has 3 nitrogen and oxygen atoms in total. The number of carbonyl (C=O) groups is 2. The maximum Gasteiger partial charge on any atom is 0.316 e. The highest BCUT2D eigenvalue weighted by Crippen LogP contribution is 2.20. The van der Waals surface area contributed by atoms with E-state index in [2.05, 4.69) is 0 Å². The molecule has 1 aliphatic rings. The lowest BCUT2D eigenvalue weighted by molar-refractivity contribution is -0.161. The topological polar surface area (TPSA) is 43.4 Å². The van der Waals surface area contributed by atoms with Crippen LogP contribution in [-0.4, -0.2) is 17.9 Å². The van der Waals surface area contributed by atoms with Gasteiger partial charge in [-0.1, -0.05) is 0 Å². The number of carbonyl (C=O) groups excluding carboxylic acids is 2. The molecule has 11 heavy (non-hydrogen) atoms. The van der Waals surface area contributed by atoms with Crippen molar-refractivity contribution in [3.63, 3.8) is 0 Å². The summed E-state index contributed by atoms with van der Waals surface area (Å²) in [6.45, 7) is 3.27. The van der Waals surface area contributed by atoms with Crippen LogP contribution in [0, 0.1) is 5.92 Å². The number of rotatable bonds is 1. The predicted octanol–water partition coefficient (Wildman–Crippen LogP) is 0.917. The zero-order valence-electron chi connectivity index (χ0n) is 6.79. The van der Waals surface area contributed by atoms with Gasteiger partial charge in [0.05, 0.1) is 6.10 Å². The SMILES string of the molecule is CC(=O)C1CCC(C)OC1=O. The first kappa shape index (κ1) is 8.24. The van der Waals surface area contributed by atoms with Gasteiger partial charge in [0.2, 0.25) is 0 Å². The third-order valence-electron chi connectivity index (χ3n) is 1.95. The lowest BCUT2D eigenvalue weighted by Crippen LogP contribution is -2.33. The number of hydrogen-bond acceptors (Lipinski definition) is 3. The van der Waals surface area contributed by atoms with Crippen molar-refractivity contribution in [1.82, 2.24) is 0 Å². The average Bonchev–Trinajstić information content (AvgIpc) is 1.85. The summed E-state index contributed by atoms with van der Waals surface area (Å²) >= 11 is 0. The first-order valence-corrected chi connectivity index (χ1v) is 3.82. The minimum absolute atomic E-state index is 0.0156. The Morgan fingerprint density at radius 3 is 2.64 bits per heavy atom. The second-order valence-corrected chi connectivity index (χ2v) is 2.99. The van der Waals surface area contributed by atoms with E-state index in [1.54, 1.807) is 0 Å². The number of ether oxygens (including phenoxy) is 1. The highest BCUT2D eigenvalue weighted by molar-refractivity contribution is 5.98. The van der Waals surface area contributed by atoms with E-state index in [0.717, 1.165) is 6.42 Å². The second-order valence-electron chi connectivity index (χ2n) is 2.99. The number of esters is 1. The molecule has 0 aromatic carbocycles. The fourth-order valence-corrected chi connectivity index (χ4v) is 1.23. The molecule has 0 bridgehead atoms. The van der Waals surface area contributed by atoms with Crippen LogP contribution >= 0.6 is 0 Å². The molecule has 1 aliphatic heterocycles. The van der Waals surface area contributed by atoms with Gasteiger partial charge < -0.3 is 4.74 Å². The maximum atomic E-state index is 11.0. The predicted molar refractivity (Wildman–Crippen MR) is 39.0 cm³/mol. The highest BCUT2D eigenvalue weighted by Gasteiger charge is 2.30. The summed E-state index contributed by atoms with van der Waals surface area (Å²) in [7, 11) is 0. The smallest absolute Gasteiger partial charge is 0.316 e. The third kappa shape index (κ3) is 1.79. The molecule has 3 heteroatoms. The van der Waals surface area contributed by atoms with Crippen molar-refractivity contribution in [3.05, 3.63) is 0 Å². The quantitative estimate of drug-likeness (QED) is 0.418. The normalized spacial score (nSPS) is 31.3. The summed E-state index contributed by atoms with van der Waals surface area (Å²) in [5.41, 5.74) is 0. The van der Waals surface area contributed by atoms with Crippen LogP contribution in [0.5, 0.6) is 0 Å². The van der Waals surface area contributed by atoms with Gasteiger partial charge in [-0.2, -0.15) is 0 Å². The van der Waals surface area contributed by atoms with Crippen molar-refractivity contribution < 1.29 is 14.3 Å². The van der Waals surface area contributed by atoms with Gasteiger partial charge in [0.1, 0.15) is 11.7 Å². The van der Waals surface area contributed by atoms with Crippen molar-refractivity contribution >= 4 is 11.8 Å². The van der Waals surface area contributed by atoms with Crippen molar-refractivity contribution in [2.45, 2.75) is 32.8 Å². The van der Waals surface area contributed by atoms with E-state index in [-0.39, 0.29) is 17.9 Å². The fraction of sp³-hybridized carbons (Fsp3) is 0.750. The van der Waals surface area contributed by atoms with Crippen LogP contribution in [0.25, 0.3) is 0 Å². The van der Waals surface area contributed by atoms with E-state index in [1.807, 2.05) is 6.92 Å². The molecular formula is C8H12O3. The van der Waals surface area contributed by atoms with E-state index in [0.29, 0.717) is 6.42 Å². The molecule has 0 aromatic rings. The first-order valence-electron chi connectivity index (χ1n) is 3.82. The Labute approximate surface area is 65.7 Å². The van der Waals surface area contributed by atoms with Gasteiger partial charge in [0.25, 0.3) is 0 Å². The minimum atomic E-state index is -0.494. The molecule has 0 N–H and O–H groups in total. The van der Waals surface area contributed by atoms with Gasteiger partial charge in [-0.3, -0.25) is 9.59 Å². The molecule has 1 heterocycles. The van der Waals surface area contributed by atoms with Crippen LogP contribution in [0.4, 0.5) is 0 Å². The third-order valence-corrected chi connectivity index (χ3v) is 1.95. The molecule has 0 aliphatic carbocycles. The molecule has 2 unspecified atom stereocenters. The Morgan fingerprint density at radius 2 is 2.18 bits per heavy atom. The lowest BCUT2D eigenvalue weighted by Gasteiger charge is -2.23. The molecule has 2 atom stereocenters. The highest BCUT2D eigenvalue weighted by atomic mass is 16.5. The van der Waals surface area contributed by atoms with Crippen LogP contribution in [0.3, 0.4) is 0 Å². The fourth-order valence-electron chi connectivity index (χ4n) is 1.23. The Morgan fingerprint density at radius 1 is 1.55 bits per heavy atom. The number of hydrogen-bond donors (Lipinski definition) is 0. The largest absolute Gasteiger partial charge is 0.462 e. The van der Waals surface area contributed by atoms with Crippen LogP contribution in [0.1, 0.15) is 26.7 Å². The van der Waals surface area contributed by atoms with Gasteiger partial charge in [0.15, 0.2) is 0 Å². The lowest BCUT2D eigenvalue weighted by atomic mass is 9.95. The number of ketones is 1. The number of Topliss-reactive ketones (excluding diaryl/α,β-unsaturated/α-hetero) is 1. The van der Waals surface area contributed by atoms with E-state index in [9.17, 15) is 9.59 Å². The molecule has 1 fully saturated rings. The van der Waals surface area contributed by atoms with Gasteiger partial charge in [-0.05, 0) is 26.7 Å². The summed E-state index contributed by atoms with van der Waals surface area (Å²) in [4.78, 5) is 21.8. The Balaban J connectivity index is 2.58. The monoisotopic (exact) mass is 156 g/mol. The number of cyclic esters (lactones) is 1. The van der Waals surface area contributed by atoms with E-state index in [4.69, 9.17) is 4.74 Å². The Hall–Kier alpha value is -0.860. The van der Waals surface area contributed by atoms with Gasteiger partial charge in [-0.25, -0.2) is 0 Å². The molecule has 0 radical (unpaired) electrons. The second kappa shape index (κ2) is 3.03. The summed E-state index contributed by atoms with van der Waals surface area (Å²) in [6.07, 6.45) is 1.43. The van der Waals surface area contributed by atoms with Gasteiger partial charge >= 0.3 is 5.97 Å². The van der Waals surface area contributed by atoms with Crippen molar-refractivity contribution in [2.75, 3.05) is 0 Å². The standard InChI is InChI=1S/C8H12O3/c1-5-3-4-7(6(2)9)8(10)11-5/h5,7H,3-4H2,1-2H3. The minimum Gasteiger partial charge on any atom is -0.462 e. The molecule has 62 valence electrons. The van der Waals surface area contributed by atoms with Gasteiger partial charge in [0, 0.05) is 0 Å².